The van der Waals surface area contributed by atoms with Gasteiger partial charge in [-0.05, 0) is 54.9 Å². The van der Waals surface area contributed by atoms with Gasteiger partial charge < -0.3 is 37.4 Å². The molecule has 2 aromatic carbocycles. The summed E-state index contributed by atoms with van der Waals surface area (Å²) in [7, 11) is 0. The summed E-state index contributed by atoms with van der Waals surface area (Å²) in [6.07, 6.45) is 3.01. The second kappa shape index (κ2) is 17.7. The van der Waals surface area contributed by atoms with E-state index >= 15 is 0 Å². The van der Waals surface area contributed by atoms with Crippen molar-refractivity contribution in [3.8, 4) is 0 Å². The molecule has 2 aliphatic heterocycles. The Hall–Kier alpha value is -5.80. The van der Waals surface area contributed by atoms with E-state index in [1.165, 1.54) is 4.90 Å². The number of imide groups is 1. The number of hydrogen-bond donors (Lipinski definition) is 6. The molecule has 16 heteroatoms. The molecular weight excluding hydrogens is 662 g/mol. The van der Waals surface area contributed by atoms with Crippen LogP contribution < -0.4 is 27.4 Å². The maximum atomic E-state index is 14.0. The third-order valence-corrected chi connectivity index (χ3v) is 8.95. The summed E-state index contributed by atoms with van der Waals surface area (Å²) in [5, 5.41) is 18.9. The van der Waals surface area contributed by atoms with Crippen LogP contribution in [0.1, 0.15) is 56.9 Å². The number of nitrogens with zero attached hydrogens (tertiary/aromatic N) is 2. The van der Waals surface area contributed by atoms with E-state index in [1.807, 2.05) is 42.5 Å². The van der Waals surface area contributed by atoms with Crippen LogP contribution in [0.15, 0.2) is 54.6 Å². The Balaban J connectivity index is 1.54. The van der Waals surface area contributed by atoms with Gasteiger partial charge in [0.25, 0.3) is 11.8 Å². The second-order valence-electron chi connectivity index (χ2n) is 12.6. The molecule has 51 heavy (non-hydrogen) atoms. The van der Waals surface area contributed by atoms with Crippen LogP contribution in [0.5, 0.6) is 0 Å². The highest BCUT2D eigenvalue weighted by Gasteiger charge is 2.38. The van der Waals surface area contributed by atoms with Gasteiger partial charge in [-0.15, -0.1) is 0 Å². The van der Waals surface area contributed by atoms with Gasteiger partial charge >= 0.3 is 12.0 Å². The number of hydrogen-bond acceptors (Lipinski definition) is 8. The molecule has 1 fully saturated rings. The third kappa shape index (κ3) is 10.6. The highest BCUT2D eigenvalue weighted by Crippen LogP contribution is 2.24. The normalized spacial score (nSPS) is 17.5. The summed E-state index contributed by atoms with van der Waals surface area (Å²) in [5.41, 5.74) is 11.4. The van der Waals surface area contributed by atoms with Crippen molar-refractivity contribution in [2.75, 3.05) is 13.1 Å². The van der Waals surface area contributed by atoms with Gasteiger partial charge in [-0.25, -0.2) is 4.79 Å². The van der Waals surface area contributed by atoms with Crippen molar-refractivity contribution in [3.05, 3.63) is 60.2 Å². The number of benzene rings is 2. The molecule has 4 atom stereocenters. The molecule has 0 spiro atoms. The molecule has 2 aromatic rings. The Morgan fingerprint density at radius 1 is 0.882 bits per heavy atom. The average Bonchev–Trinajstić information content (AvgIpc) is 3.43. The van der Waals surface area contributed by atoms with E-state index < -0.39 is 78.0 Å². The summed E-state index contributed by atoms with van der Waals surface area (Å²) in [6, 6.07) is 8.08. The molecule has 4 unspecified atom stereocenters. The smallest absolute Gasteiger partial charge is 0.312 e. The van der Waals surface area contributed by atoms with Crippen molar-refractivity contribution in [3.63, 3.8) is 0 Å². The highest BCUT2D eigenvalue weighted by atomic mass is 16.4. The Labute approximate surface area is 293 Å². The largest absolute Gasteiger partial charge is 0.481 e. The lowest BCUT2D eigenvalue weighted by molar-refractivity contribution is -0.147. The van der Waals surface area contributed by atoms with Gasteiger partial charge in [-0.3, -0.25) is 38.5 Å². The van der Waals surface area contributed by atoms with Gasteiger partial charge in [0.15, 0.2) is 0 Å². The van der Waals surface area contributed by atoms with Crippen LogP contribution in [0.2, 0.25) is 0 Å². The number of rotatable bonds is 17. The Kier molecular flexibility index (Phi) is 13.2. The molecule has 0 saturated carbocycles. The summed E-state index contributed by atoms with van der Waals surface area (Å²) < 4.78 is 0. The first-order valence-corrected chi connectivity index (χ1v) is 16.8. The van der Waals surface area contributed by atoms with Crippen LogP contribution in [-0.4, -0.2) is 99.6 Å². The molecule has 1 saturated heterocycles. The first kappa shape index (κ1) is 38.0. The Morgan fingerprint density at radius 2 is 1.59 bits per heavy atom. The minimum Gasteiger partial charge on any atom is -0.481 e. The van der Waals surface area contributed by atoms with Crippen LogP contribution in [-0.2, 0) is 40.0 Å². The molecule has 2 aliphatic rings. The number of carboxylic acid groups (broad SMARTS) is 1. The third-order valence-electron chi connectivity index (χ3n) is 8.95. The van der Waals surface area contributed by atoms with E-state index in [0.29, 0.717) is 18.4 Å². The van der Waals surface area contributed by atoms with Crippen molar-refractivity contribution in [1.82, 2.24) is 25.8 Å². The quantitative estimate of drug-likeness (QED) is 0.0971. The van der Waals surface area contributed by atoms with Crippen LogP contribution in [0.4, 0.5) is 4.79 Å². The number of nitrogens with two attached hydrogens (primary N) is 2. The Bertz CT molecular complexity index is 1690. The minimum absolute atomic E-state index is 0.0290. The number of likely N-dealkylation sites (tertiary alicyclic amines) is 1. The van der Waals surface area contributed by atoms with Crippen LogP contribution in [0.3, 0.4) is 0 Å². The van der Waals surface area contributed by atoms with Crippen molar-refractivity contribution >= 4 is 58.2 Å². The number of piperidine rings is 1. The van der Waals surface area contributed by atoms with E-state index in [2.05, 4.69) is 16.0 Å². The fraction of sp³-hybridized carbons (Fsp3) is 0.429. The summed E-state index contributed by atoms with van der Waals surface area (Å²) >= 11 is 0. The van der Waals surface area contributed by atoms with Crippen LogP contribution in [0, 0.1) is 0 Å². The maximum Gasteiger partial charge on any atom is 0.312 e. The van der Waals surface area contributed by atoms with Crippen molar-refractivity contribution in [2.45, 2.75) is 82.0 Å². The molecule has 0 aromatic heterocycles. The van der Waals surface area contributed by atoms with E-state index in [9.17, 15) is 43.5 Å². The summed E-state index contributed by atoms with van der Waals surface area (Å²) in [4.78, 5) is 103. The van der Waals surface area contributed by atoms with E-state index in [4.69, 9.17) is 11.5 Å². The van der Waals surface area contributed by atoms with Gasteiger partial charge in [0.1, 0.15) is 18.1 Å². The SMILES string of the molecule is NC(=O)NCCCC(NC(=O)C(Cc1ccc2ccccc2c1)NC(=O)C1CCCCN1C(=O)CC(CCC(=O)O)N1C(=O)C=CC1=O)C(N)=O. The fourth-order valence-corrected chi connectivity index (χ4v) is 6.36. The van der Waals surface area contributed by atoms with E-state index in [0.717, 1.165) is 27.8 Å². The van der Waals surface area contributed by atoms with Crippen molar-refractivity contribution in [1.29, 1.82) is 0 Å². The lowest BCUT2D eigenvalue weighted by Gasteiger charge is -2.37. The number of fused-ring (bicyclic) bond motifs is 1. The van der Waals surface area contributed by atoms with Gasteiger partial charge in [0.2, 0.25) is 23.6 Å². The number of carbonyl (C=O) groups is 8. The first-order valence-electron chi connectivity index (χ1n) is 16.8. The van der Waals surface area contributed by atoms with E-state index in [1.54, 1.807) is 0 Å². The topological polar surface area (TPSA) is 251 Å². The molecule has 0 bridgehead atoms. The number of amides is 8. The van der Waals surface area contributed by atoms with Crippen LogP contribution >= 0.6 is 0 Å². The Morgan fingerprint density at radius 3 is 2.25 bits per heavy atom. The zero-order valence-corrected chi connectivity index (χ0v) is 28.0. The predicted octanol–water partition coefficient (Wildman–Crippen LogP) is 0.215. The highest BCUT2D eigenvalue weighted by molar-refractivity contribution is 6.13. The van der Waals surface area contributed by atoms with Crippen molar-refractivity contribution < 1.29 is 43.5 Å². The number of aliphatic carboxylic acids is 1. The van der Waals surface area contributed by atoms with Crippen LogP contribution in [0.25, 0.3) is 10.8 Å². The van der Waals surface area contributed by atoms with Gasteiger partial charge in [0.05, 0.1) is 0 Å². The number of primary amides is 2. The summed E-state index contributed by atoms with van der Waals surface area (Å²) in [6.45, 7) is 0.332. The molecule has 8 amide bonds. The van der Waals surface area contributed by atoms with Crippen molar-refractivity contribution in [2.24, 2.45) is 11.5 Å². The monoisotopic (exact) mass is 705 g/mol. The predicted molar refractivity (Wildman–Crippen MR) is 183 cm³/mol. The van der Waals surface area contributed by atoms with E-state index in [-0.39, 0.29) is 51.6 Å². The molecule has 0 radical (unpaired) electrons. The zero-order chi connectivity index (χ0) is 37.1. The molecule has 0 aliphatic carbocycles. The molecule has 2 heterocycles. The molecule has 272 valence electrons. The fourth-order valence-electron chi connectivity index (χ4n) is 6.36. The first-order chi connectivity index (χ1) is 24.3. The van der Waals surface area contributed by atoms with Gasteiger partial charge in [-0.1, -0.05) is 42.5 Å². The zero-order valence-electron chi connectivity index (χ0n) is 28.0. The standard InChI is InChI=1S/C35H43N7O9/c36-32(48)25(8-5-16-38-35(37)51)39-33(49)26(19-21-10-11-22-6-1-2-7-23(22)18-21)40-34(50)27-9-3-4-17-41(27)30(45)20-24(12-15-31(46)47)42-28(43)13-14-29(42)44/h1-2,6-7,10-11,13-14,18,24-27H,3-5,8-9,12,15-17,19-20H2,(H2,36,48)(H,39,49)(H,40,50)(H,46,47)(H3,37,38,51). The number of nitrogens with one attached hydrogen (secondary N) is 3. The number of urea groups is 1. The lowest BCUT2D eigenvalue weighted by Crippen LogP contribution is -2.59. The summed E-state index contributed by atoms with van der Waals surface area (Å²) in [5.74, 6) is -5.15. The molecule has 16 nitrogen and oxygen atoms in total. The maximum absolute atomic E-state index is 14.0. The number of carboxylic acids is 1. The second-order valence-corrected chi connectivity index (χ2v) is 12.6. The number of carbonyl (C=O) groups excluding carboxylic acids is 7. The molecule has 4 rings (SSSR count). The lowest BCUT2D eigenvalue weighted by atomic mass is 9.97. The van der Waals surface area contributed by atoms with Gasteiger partial charge in [-0.2, -0.15) is 0 Å². The average molecular weight is 706 g/mol. The van der Waals surface area contributed by atoms with Gasteiger partial charge in [0, 0.05) is 50.5 Å². The molecular formula is C35H43N7O9. The minimum atomic E-state index is -1.20. The molecule has 8 N–H and O–H groups in total.